The fraction of sp³-hybridized carbons (Fsp3) is 0.650. The Labute approximate surface area is 166 Å². The first-order valence-electron chi connectivity index (χ1n) is 9.27. The minimum absolute atomic E-state index is 0.319. The van der Waals surface area contributed by atoms with Gasteiger partial charge in [0.05, 0.1) is 0 Å². The normalized spacial score (nSPS) is 11.6. The first-order chi connectivity index (χ1) is 11.9. The second-order valence-corrected chi connectivity index (χ2v) is 8.59. The highest BCUT2D eigenvalue weighted by atomic mass is 35.5. The highest BCUT2D eigenvalue weighted by Crippen LogP contribution is 2.28. The molecule has 25 heavy (non-hydrogen) atoms. The van der Waals surface area contributed by atoms with Gasteiger partial charge in [0.25, 0.3) is 0 Å². The van der Waals surface area contributed by atoms with Crippen molar-refractivity contribution in [3.05, 3.63) is 34.9 Å². The van der Waals surface area contributed by atoms with E-state index in [0.717, 1.165) is 30.7 Å². The van der Waals surface area contributed by atoms with Gasteiger partial charge in [-0.15, -0.1) is 0 Å². The molecule has 0 heterocycles. The Kier molecular flexibility index (Phi) is 11.6. The molecule has 0 saturated carbocycles. The lowest BCUT2D eigenvalue weighted by Gasteiger charge is -2.13. The molecule has 1 N–H and O–H groups in total. The van der Waals surface area contributed by atoms with Crippen molar-refractivity contribution in [1.29, 1.82) is 0 Å². The number of aliphatic carboxylic acids is 1. The van der Waals surface area contributed by atoms with Crippen LogP contribution >= 0.6 is 34.8 Å². The van der Waals surface area contributed by atoms with E-state index in [1.165, 1.54) is 50.5 Å². The number of alkyl halides is 2. The molecule has 1 rings (SSSR count). The number of hydrogen-bond acceptors (Lipinski definition) is 1. The molecule has 2 nitrogen and oxygen atoms in total. The van der Waals surface area contributed by atoms with Gasteiger partial charge in [-0.2, -0.15) is 0 Å². The second kappa shape index (κ2) is 12.8. The van der Waals surface area contributed by atoms with E-state index in [0.29, 0.717) is 6.42 Å². The Hall–Kier alpha value is -0.440. The summed E-state index contributed by atoms with van der Waals surface area (Å²) in [7, 11) is 0. The van der Waals surface area contributed by atoms with Crippen LogP contribution in [0.25, 0.3) is 0 Å². The van der Waals surface area contributed by atoms with Crippen LogP contribution in [0.1, 0.15) is 76.2 Å². The third-order valence-corrected chi connectivity index (χ3v) is 5.39. The standard InChI is InChI=1S/C20H29Cl3O2/c21-18-14-12-17(13-15-18)11-9-7-5-3-1-2-4-6-8-10-16-20(22,23)19(24)25/h12-15H,1-11,16H2,(H,24,25). The smallest absolute Gasteiger partial charge is 0.340 e. The van der Waals surface area contributed by atoms with E-state index in [9.17, 15) is 4.79 Å². The highest BCUT2D eigenvalue weighted by molar-refractivity contribution is 6.57. The van der Waals surface area contributed by atoms with Crippen LogP contribution in [-0.2, 0) is 11.2 Å². The molecule has 0 unspecified atom stereocenters. The van der Waals surface area contributed by atoms with E-state index < -0.39 is 10.3 Å². The van der Waals surface area contributed by atoms with Gasteiger partial charge in [-0.3, -0.25) is 0 Å². The quantitative estimate of drug-likeness (QED) is 0.257. The van der Waals surface area contributed by atoms with E-state index >= 15 is 0 Å². The van der Waals surface area contributed by atoms with Crippen molar-refractivity contribution in [2.24, 2.45) is 0 Å². The molecule has 0 amide bonds. The van der Waals surface area contributed by atoms with E-state index in [1.54, 1.807) is 0 Å². The van der Waals surface area contributed by atoms with Crippen molar-refractivity contribution in [2.75, 3.05) is 0 Å². The van der Waals surface area contributed by atoms with Gasteiger partial charge >= 0.3 is 5.97 Å². The van der Waals surface area contributed by atoms with Gasteiger partial charge in [0.1, 0.15) is 0 Å². The van der Waals surface area contributed by atoms with Crippen molar-refractivity contribution in [3.8, 4) is 0 Å². The summed E-state index contributed by atoms with van der Waals surface area (Å²) < 4.78 is -1.62. The van der Waals surface area contributed by atoms with Crippen LogP contribution in [0.4, 0.5) is 0 Å². The Morgan fingerprint density at radius 3 is 1.72 bits per heavy atom. The minimum atomic E-state index is -1.62. The maximum absolute atomic E-state index is 10.8. The molecule has 1 aromatic carbocycles. The summed E-state index contributed by atoms with van der Waals surface area (Å²) in [5.41, 5.74) is 1.37. The Morgan fingerprint density at radius 2 is 1.24 bits per heavy atom. The topological polar surface area (TPSA) is 37.3 Å². The number of carbonyl (C=O) groups is 1. The maximum Gasteiger partial charge on any atom is 0.340 e. The highest BCUT2D eigenvalue weighted by Gasteiger charge is 2.32. The number of rotatable bonds is 14. The molecule has 0 aliphatic carbocycles. The van der Waals surface area contributed by atoms with Crippen LogP contribution in [0.3, 0.4) is 0 Å². The van der Waals surface area contributed by atoms with Crippen molar-refractivity contribution in [1.82, 2.24) is 0 Å². The number of hydrogen-bond donors (Lipinski definition) is 1. The molecule has 0 aliphatic heterocycles. The van der Waals surface area contributed by atoms with Gasteiger partial charge in [0, 0.05) is 5.02 Å². The van der Waals surface area contributed by atoms with E-state index in [1.807, 2.05) is 12.1 Å². The molecule has 0 aromatic heterocycles. The van der Waals surface area contributed by atoms with Gasteiger partial charge in [0.2, 0.25) is 4.33 Å². The lowest BCUT2D eigenvalue weighted by atomic mass is 10.0. The van der Waals surface area contributed by atoms with Crippen molar-refractivity contribution in [2.45, 2.75) is 81.4 Å². The summed E-state index contributed by atoms with van der Waals surface area (Å²) in [5, 5.41) is 9.61. The van der Waals surface area contributed by atoms with Crippen LogP contribution in [0, 0.1) is 0 Å². The third-order valence-electron chi connectivity index (χ3n) is 4.43. The first kappa shape index (κ1) is 22.6. The van der Waals surface area contributed by atoms with Gasteiger partial charge in [0.15, 0.2) is 0 Å². The van der Waals surface area contributed by atoms with Crippen molar-refractivity contribution < 1.29 is 9.90 Å². The van der Waals surface area contributed by atoms with E-state index in [4.69, 9.17) is 39.9 Å². The number of aryl methyl sites for hydroxylation is 1. The number of carboxylic acids is 1. The first-order valence-corrected chi connectivity index (χ1v) is 10.4. The summed E-state index contributed by atoms with van der Waals surface area (Å²) in [6.07, 6.45) is 13.2. The molecule has 0 saturated heterocycles. The second-order valence-electron chi connectivity index (χ2n) is 6.67. The lowest BCUT2D eigenvalue weighted by Crippen LogP contribution is -2.25. The zero-order chi connectivity index (χ0) is 18.5. The zero-order valence-electron chi connectivity index (χ0n) is 14.8. The molecular weight excluding hydrogens is 379 g/mol. The maximum atomic E-state index is 10.8. The number of halogens is 3. The molecule has 0 bridgehead atoms. The SMILES string of the molecule is O=C(O)C(Cl)(Cl)CCCCCCCCCCCCc1ccc(Cl)cc1. The minimum Gasteiger partial charge on any atom is -0.479 e. The average Bonchev–Trinajstić information content (AvgIpc) is 2.57. The third kappa shape index (κ3) is 11.0. The molecule has 0 fully saturated rings. The molecular formula is C20H29Cl3O2. The molecule has 5 heteroatoms. The van der Waals surface area contributed by atoms with Crippen LogP contribution in [0.2, 0.25) is 5.02 Å². The monoisotopic (exact) mass is 406 g/mol. The van der Waals surface area contributed by atoms with Crippen molar-refractivity contribution >= 4 is 40.8 Å². The fourth-order valence-corrected chi connectivity index (χ4v) is 3.24. The molecule has 0 radical (unpaired) electrons. The number of benzene rings is 1. The van der Waals surface area contributed by atoms with E-state index in [-0.39, 0.29) is 0 Å². The number of carboxylic acid groups (broad SMARTS) is 1. The summed E-state index contributed by atoms with van der Waals surface area (Å²) in [4.78, 5) is 10.8. The fourth-order valence-electron chi connectivity index (χ4n) is 2.85. The summed E-state index contributed by atoms with van der Waals surface area (Å²) in [6.45, 7) is 0. The van der Waals surface area contributed by atoms with Crippen LogP contribution < -0.4 is 0 Å². The Morgan fingerprint density at radius 1 is 0.800 bits per heavy atom. The van der Waals surface area contributed by atoms with Crippen molar-refractivity contribution in [3.63, 3.8) is 0 Å². The average molecular weight is 408 g/mol. The van der Waals surface area contributed by atoms with Gasteiger partial charge in [-0.25, -0.2) is 4.79 Å². The largest absolute Gasteiger partial charge is 0.479 e. The predicted octanol–water partition coefficient (Wildman–Crippen LogP) is 7.43. The molecule has 0 aliphatic rings. The summed E-state index contributed by atoms with van der Waals surface area (Å²) in [6, 6.07) is 8.13. The van der Waals surface area contributed by atoms with Gasteiger partial charge in [-0.05, 0) is 43.4 Å². The Bertz CT molecular complexity index is 486. The Balaban J connectivity index is 1.86. The van der Waals surface area contributed by atoms with E-state index in [2.05, 4.69) is 12.1 Å². The molecule has 142 valence electrons. The van der Waals surface area contributed by atoms with Crippen LogP contribution in [0.5, 0.6) is 0 Å². The van der Waals surface area contributed by atoms with Crippen LogP contribution in [0.15, 0.2) is 24.3 Å². The zero-order valence-corrected chi connectivity index (χ0v) is 17.1. The van der Waals surface area contributed by atoms with Gasteiger partial charge < -0.3 is 5.11 Å². The molecule has 0 spiro atoms. The number of unbranched alkanes of at least 4 members (excludes halogenated alkanes) is 9. The molecule has 0 atom stereocenters. The van der Waals surface area contributed by atoms with Gasteiger partial charge in [-0.1, -0.05) is 98.3 Å². The predicted molar refractivity (Wildman–Crippen MR) is 108 cm³/mol. The lowest BCUT2D eigenvalue weighted by molar-refractivity contribution is -0.138. The summed E-state index contributed by atoms with van der Waals surface area (Å²) >= 11 is 17.3. The summed E-state index contributed by atoms with van der Waals surface area (Å²) in [5.74, 6) is -1.15. The van der Waals surface area contributed by atoms with Crippen LogP contribution in [-0.4, -0.2) is 15.4 Å². The molecule has 1 aromatic rings.